The molecule has 1 aromatic heterocycles. The molecule has 0 amide bonds. The Morgan fingerprint density at radius 1 is 1.44 bits per heavy atom. The highest BCUT2D eigenvalue weighted by molar-refractivity contribution is 9.10. The molecule has 0 fully saturated rings. The van der Waals surface area contributed by atoms with E-state index in [1.165, 1.54) is 6.20 Å². The highest BCUT2D eigenvalue weighted by Gasteiger charge is 2.13. The van der Waals surface area contributed by atoms with Crippen LogP contribution >= 0.6 is 15.9 Å². The summed E-state index contributed by atoms with van der Waals surface area (Å²) in [7, 11) is 0. The quantitative estimate of drug-likeness (QED) is 0.843. The van der Waals surface area contributed by atoms with Crippen LogP contribution in [0.4, 0.5) is 0 Å². The Labute approximate surface area is 99.0 Å². The standard InChI is InChI=1S/C11H8BrNO3/c1-5-2-3-7(12)9-8(5)10(14)6(4-13-9)11(15)16/h2-4H,1H3,(H,13,14)(H,15,16). The molecule has 0 aliphatic rings. The van der Waals surface area contributed by atoms with Crippen LogP contribution in [0.25, 0.3) is 10.9 Å². The fourth-order valence-corrected chi connectivity index (χ4v) is 2.06. The van der Waals surface area contributed by atoms with Crippen LogP contribution in [0.2, 0.25) is 0 Å². The molecule has 5 heteroatoms. The van der Waals surface area contributed by atoms with Gasteiger partial charge in [0.25, 0.3) is 0 Å². The lowest BCUT2D eigenvalue weighted by Crippen LogP contribution is -2.16. The number of benzene rings is 1. The third-order valence-corrected chi connectivity index (χ3v) is 3.09. The Bertz CT molecular complexity index is 645. The lowest BCUT2D eigenvalue weighted by atomic mass is 10.1. The summed E-state index contributed by atoms with van der Waals surface area (Å²) in [5.74, 6) is -1.22. The molecule has 1 aromatic carbocycles. The van der Waals surface area contributed by atoms with E-state index in [9.17, 15) is 9.59 Å². The number of aromatic carboxylic acids is 1. The topological polar surface area (TPSA) is 70.2 Å². The SMILES string of the molecule is Cc1ccc(Br)c2[nH]cc(C(=O)O)c(=O)c12. The Kier molecular flexibility index (Phi) is 2.55. The van der Waals surface area contributed by atoms with Gasteiger partial charge >= 0.3 is 5.97 Å². The molecular weight excluding hydrogens is 274 g/mol. The molecule has 16 heavy (non-hydrogen) atoms. The molecule has 82 valence electrons. The minimum Gasteiger partial charge on any atom is -0.477 e. The van der Waals surface area contributed by atoms with Crippen molar-refractivity contribution in [3.05, 3.63) is 44.2 Å². The lowest BCUT2D eigenvalue weighted by molar-refractivity contribution is 0.0695. The average molecular weight is 282 g/mol. The van der Waals surface area contributed by atoms with Crippen molar-refractivity contribution in [2.75, 3.05) is 0 Å². The van der Waals surface area contributed by atoms with Crippen molar-refractivity contribution >= 4 is 32.8 Å². The van der Waals surface area contributed by atoms with Crippen LogP contribution in [-0.2, 0) is 0 Å². The van der Waals surface area contributed by atoms with Crippen LogP contribution < -0.4 is 5.43 Å². The predicted octanol–water partition coefficient (Wildman–Crippen LogP) is 2.30. The molecule has 0 spiro atoms. The molecule has 2 aromatic rings. The molecule has 0 saturated carbocycles. The molecule has 4 nitrogen and oxygen atoms in total. The van der Waals surface area contributed by atoms with Gasteiger partial charge in [-0.3, -0.25) is 4.79 Å². The monoisotopic (exact) mass is 281 g/mol. The van der Waals surface area contributed by atoms with Gasteiger partial charge in [0.2, 0.25) is 5.43 Å². The zero-order valence-corrected chi connectivity index (χ0v) is 9.96. The summed E-state index contributed by atoms with van der Waals surface area (Å²) in [6, 6.07) is 3.58. The molecule has 0 unspecified atom stereocenters. The molecular formula is C11H8BrNO3. The first-order chi connectivity index (χ1) is 7.52. The summed E-state index contributed by atoms with van der Waals surface area (Å²) in [4.78, 5) is 25.6. The first kappa shape index (κ1) is 10.9. The number of aromatic amines is 1. The van der Waals surface area contributed by atoms with Crippen molar-refractivity contribution in [1.29, 1.82) is 0 Å². The number of carbonyl (C=O) groups is 1. The number of hydrogen-bond acceptors (Lipinski definition) is 2. The van der Waals surface area contributed by atoms with Crippen molar-refractivity contribution in [2.45, 2.75) is 6.92 Å². The molecule has 0 radical (unpaired) electrons. The van der Waals surface area contributed by atoms with E-state index in [1.807, 2.05) is 6.07 Å². The van der Waals surface area contributed by atoms with E-state index in [4.69, 9.17) is 5.11 Å². The number of carboxylic acid groups (broad SMARTS) is 1. The van der Waals surface area contributed by atoms with Crippen molar-refractivity contribution in [3.63, 3.8) is 0 Å². The van der Waals surface area contributed by atoms with E-state index in [0.717, 1.165) is 10.0 Å². The van der Waals surface area contributed by atoms with Crippen molar-refractivity contribution in [2.24, 2.45) is 0 Å². The van der Waals surface area contributed by atoms with Crippen molar-refractivity contribution in [3.8, 4) is 0 Å². The molecule has 0 saturated heterocycles. The second-order valence-electron chi connectivity index (χ2n) is 3.45. The maximum atomic E-state index is 11.9. The van der Waals surface area contributed by atoms with Gasteiger partial charge in [-0.25, -0.2) is 4.79 Å². The van der Waals surface area contributed by atoms with Gasteiger partial charge in [0, 0.05) is 10.7 Å². The molecule has 0 bridgehead atoms. The highest BCUT2D eigenvalue weighted by atomic mass is 79.9. The van der Waals surface area contributed by atoms with E-state index < -0.39 is 11.4 Å². The molecule has 0 aliphatic heterocycles. The van der Waals surface area contributed by atoms with E-state index in [1.54, 1.807) is 13.0 Å². The fourth-order valence-electron chi connectivity index (χ4n) is 1.62. The van der Waals surface area contributed by atoms with Crippen LogP contribution in [0, 0.1) is 6.92 Å². The Morgan fingerprint density at radius 3 is 2.75 bits per heavy atom. The normalized spacial score (nSPS) is 10.6. The van der Waals surface area contributed by atoms with Gasteiger partial charge in [-0.15, -0.1) is 0 Å². The summed E-state index contributed by atoms with van der Waals surface area (Å²) in [5.41, 5.74) is 0.673. The van der Waals surface area contributed by atoms with Crippen LogP contribution in [0.1, 0.15) is 15.9 Å². The van der Waals surface area contributed by atoms with Gasteiger partial charge < -0.3 is 10.1 Å². The maximum Gasteiger partial charge on any atom is 0.341 e. The first-order valence-corrected chi connectivity index (χ1v) is 5.35. The van der Waals surface area contributed by atoms with Gasteiger partial charge in [0.1, 0.15) is 5.56 Å². The number of aryl methyl sites for hydroxylation is 1. The van der Waals surface area contributed by atoms with Gasteiger partial charge in [0.05, 0.1) is 10.9 Å². The minimum absolute atomic E-state index is 0.242. The summed E-state index contributed by atoms with van der Waals surface area (Å²) in [6.07, 6.45) is 1.22. The molecule has 0 aliphatic carbocycles. The molecule has 2 N–H and O–H groups in total. The number of hydrogen-bond donors (Lipinski definition) is 2. The summed E-state index contributed by atoms with van der Waals surface area (Å²) < 4.78 is 0.738. The Hall–Kier alpha value is -1.62. The Morgan fingerprint density at radius 2 is 2.12 bits per heavy atom. The smallest absolute Gasteiger partial charge is 0.341 e. The van der Waals surface area contributed by atoms with Gasteiger partial charge in [0.15, 0.2) is 0 Å². The van der Waals surface area contributed by atoms with E-state index in [0.29, 0.717) is 10.9 Å². The summed E-state index contributed by atoms with van der Waals surface area (Å²) in [6.45, 7) is 1.77. The number of nitrogens with one attached hydrogen (secondary N) is 1. The summed E-state index contributed by atoms with van der Waals surface area (Å²) >= 11 is 3.31. The zero-order chi connectivity index (χ0) is 11.9. The lowest BCUT2D eigenvalue weighted by Gasteiger charge is -2.04. The number of fused-ring (bicyclic) bond motifs is 1. The predicted molar refractivity (Wildman–Crippen MR) is 64.0 cm³/mol. The second-order valence-corrected chi connectivity index (χ2v) is 4.31. The number of aromatic nitrogens is 1. The van der Waals surface area contributed by atoms with Gasteiger partial charge in [-0.05, 0) is 34.5 Å². The maximum absolute atomic E-state index is 11.9. The van der Waals surface area contributed by atoms with Crippen LogP contribution in [0.3, 0.4) is 0 Å². The third-order valence-electron chi connectivity index (χ3n) is 2.43. The molecule has 0 atom stereocenters. The Balaban J connectivity index is 3.00. The van der Waals surface area contributed by atoms with Crippen LogP contribution in [0.15, 0.2) is 27.6 Å². The molecule has 1 heterocycles. The first-order valence-electron chi connectivity index (χ1n) is 4.56. The number of H-pyrrole nitrogens is 1. The van der Waals surface area contributed by atoms with Gasteiger partial charge in [-0.1, -0.05) is 6.07 Å². The number of halogens is 1. The molecule has 2 rings (SSSR count). The number of pyridine rings is 1. The van der Waals surface area contributed by atoms with Crippen molar-refractivity contribution < 1.29 is 9.90 Å². The van der Waals surface area contributed by atoms with E-state index in [2.05, 4.69) is 20.9 Å². The largest absolute Gasteiger partial charge is 0.477 e. The van der Waals surface area contributed by atoms with Crippen LogP contribution in [0.5, 0.6) is 0 Å². The van der Waals surface area contributed by atoms with Crippen LogP contribution in [-0.4, -0.2) is 16.1 Å². The zero-order valence-electron chi connectivity index (χ0n) is 8.37. The summed E-state index contributed by atoms with van der Waals surface area (Å²) in [5, 5.41) is 9.26. The number of carboxylic acids is 1. The fraction of sp³-hybridized carbons (Fsp3) is 0.0909. The average Bonchev–Trinajstić information content (AvgIpc) is 2.23. The minimum atomic E-state index is -1.22. The van der Waals surface area contributed by atoms with Crippen molar-refractivity contribution in [1.82, 2.24) is 4.98 Å². The highest BCUT2D eigenvalue weighted by Crippen LogP contribution is 2.22. The second kappa shape index (κ2) is 3.75. The number of rotatable bonds is 1. The van der Waals surface area contributed by atoms with Gasteiger partial charge in [-0.2, -0.15) is 0 Å². The third kappa shape index (κ3) is 1.53. The van der Waals surface area contributed by atoms with E-state index >= 15 is 0 Å². The van der Waals surface area contributed by atoms with E-state index in [-0.39, 0.29) is 5.56 Å².